The fourth-order valence-electron chi connectivity index (χ4n) is 1.97. The largest absolute Gasteiger partial charge is 0.496 e. The Hall–Kier alpha value is -0.730. The summed E-state index contributed by atoms with van der Waals surface area (Å²) >= 11 is 6.06. The zero-order valence-corrected chi connectivity index (χ0v) is 10.6. The second-order valence-electron chi connectivity index (χ2n) is 4.75. The van der Waals surface area contributed by atoms with Crippen molar-refractivity contribution in [3.05, 3.63) is 28.3 Å². The van der Waals surface area contributed by atoms with Crippen LogP contribution < -0.4 is 10.5 Å². The molecule has 0 heterocycles. The number of rotatable bonds is 4. The van der Waals surface area contributed by atoms with Gasteiger partial charge in [0.1, 0.15) is 5.75 Å². The maximum absolute atomic E-state index is 6.09. The molecule has 0 radical (unpaired) electrons. The SMILES string of the molecule is COc1cc(Cl)cc(CCC2(N)CC2)c1C. The van der Waals surface area contributed by atoms with Gasteiger partial charge in [0.2, 0.25) is 0 Å². The molecule has 88 valence electrons. The third-order valence-electron chi connectivity index (χ3n) is 3.44. The first kappa shape index (κ1) is 11.7. The average Bonchev–Trinajstić information content (AvgIpc) is 2.98. The van der Waals surface area contributed by atoms with Crippen LogP contribution in [-0.2, 0) is 6.42 Å². The van der Waals surface area contributed by atoms with E-state index < -0.39 is 0 Å². The highest BCUT2D eigenvalue weighted by Crippen LogP contribution is 2.37. The van der Waals surface area contributed by atoms with Crippen LogP contribution in [0.2, 0.25) is 5.02 Å². The van der Waals surface area contributed by atoms with Crippen LogP contribution in [0, 0.1) is 6.92 Å². The zero-order chi connectivity index (χ0) is 11.8. The lowest BCUT2D eigenvalue weighted by Gasteiger charge is -2.13. The molecule has 2 N–H and O–H groups in total. The second kappa shape index (κ2) is 4.27. The molecule has 0 amide bonds. The molecule has 2 rings (SSSR count). The Labute approximate surface area is 102 Å². The summed E-state index contributed by atoms with van der Waals surface area (Å²) in [7, 11) is 1.67. The molecule has 0 spiro atoms. The van der Waals surface area contributed by atoms with E-state index in [4.69, 9.17) is 22.1 Å². The van der Waals surface area contributed by atoms with Crippen molar-refractivity contribution in [1.82, 2.24) is 0 Å². The third kappa shape index (κ3) is 2.50. The van der Waals surface area contributed by atoms with Crippen LogP contribution in [0.1, 0.15) is 30.4 Å². The highest BCUT2D eigenvalue weighted by molar-refractivity contribution is 6.30. The van der Waals surface area contributed by atoms with Crippen molar-refractivity contribution in [3.63, 3.8) is 0 Å². The van der Waals surface area contributed by atoms with E-state index in [1.165, 1.54) is 11.1 Å². The van der Waals surface area contributed by atoms with Gasteiger partial charge in [-0.3, -0.25) is 0 Å². The molecular formula is C13H18ClNO. The van der Waals surface area contributed by atoms with Gasteiger partial charge in [-0.15, -0.1) is 0 Å². The third-order valence-corrected chi connectivity index (χ3v) is 3.65. The minimum atomic E-state index is 0.0992. The van der Waals surface area contributed by atoms with Gasteiger partial charge in [0.15, 0.2) is 0 Å². The number of hydrogen-bond donors (Lipinski definition) is 1. The lowest BCUT2D eigenvalue weighted by molar-refractivity contribution is 0.411. The zero-order valence-electron chi connectivity index (χ0n) is 9.85. The highest BCUT2D eigenvalue weighted by atomic mass is 35.5. The van der Waals surface area contributed by atoms with Gasteiger partial charge in [-0.1, -0.05) is 11.6 Å². The smallest absolute Gasteiger partial charge is 0.123 e. The standard InChI is InChI=1S/C13H18ClNO/c1-9-10(3-4-13(15)5-6-13)7-11(14)8-12(9)16-2/h7-8H,3-6,15H2,1-2H3. The van der Waals surface area contributed by atoms with Crippen molar-refractivity contribution in [2.45, 2.75) is 38.1 Å². The van der Waals surface area contributed by atoms with Gasteiger partial charge >= 0.3 is 0 Å². The molecule has 1 saturated carbocycles. The van der Waals surface area contributed by atoms with E-state index in [0.717, 1.165) is 36.5 Å². The monoisotopic (exact) mass is 239 g/mol. The maximum Gasteiger partial charge on any atom is 0.123 e. The first-order chi connectivity index (χ1) is 7.54. The first-order valence-corrected chi connectivity index (χ1v) is 6.04. The Morgan fingerprint density at radius 3 is 2.69 bits per heavy atom. The van der Waals surface area contributed by atoms with Gasteiger partial charge in [0, 0.05) is 10.6 Å². The van der Waals surface area contributed by atoms with E-state index >= 15 is 0 Å². The number of ether oxygens (including phenoxy) is 1. The molecule has 0 unspecified atom stereocenters. The van der Waals surface area contributed by atoms with Crippen molar-refractivity contribution >= 4 is 11.6 Å². The molecule has 1 fully saturated rings. The molecule has 3 heteroatoms. The molecule has 1 aliphatic carbocycles. The Morgan fingerprint density at radius 1 is 1.44 bits per heavy atom. The molecule has 0 saturated heterocycles. The molecule has 0 aliphatic heterocycles. The van der Waals surface area contributed by atoms with E-state index in [9.17, 15) is 0 Å². The van der Waals surface area contributed by atoms with Crippen LogP contribution in [0.15, 0.2) is 12.1 Å². The lowest BCUT2D eigenvalue weighted by atomic mass is 9.99. The van der Waals surface area contributed by atoms with Crippen LogP contribution in [0.3, 0.4) is 0 Å². The summed E-state index contributed by atoms with van der Waals surface area (Å²) in [5.41, 5.74) is 8.62. The summed E-state index contributed by atoms with van der Waals surface area (Å²) in [6, 6.07) is 3.88. The van der Waals surface area contributed by atoms with Crippen molar-refractivity contribution in [2.75, 3.05) is 7.11 Å². The maximum atomic E-state index is 6.09. The van der Waals surface area contributed by atoms with Crippen molar-refractivity contribution in [1.29, 1.82) is 0 Å². The van der Waals surface area contributed by atoms with Crippen molar-refractivity contribution < 1.29 is 4.74 Å². The van der Waals surface area contributed by atoms with Gasteiger partial charge in [0.25, 0.3) is 0 Å². The summed E-state index contributed by atoms with van der Waals surface area (Å²) < 4.78 is 5.30. The van der Waals surface area contributed by atoms with Crippen LogP contribution in [-0.4, -0.2) is 12.6 Å². The number of aryl methyl sites for hydroxylation is 1. The molecule has 1 aromatic rings. The number of methoxy groups -OCH3 is 1. The van der Waals surface area contributed by atoms with Gasteiger partial charge in [-0.25, -0.2) is 0 Å². The number of benzene rings is 1. The topological polar surface area (TPSA) is 35.2 Å². The molecule has 1 aliphatic rings. The van der Waals surface area contributed by atoms with E-state index in [2.05, 4.69) is 6.92 Å². The van der Waals surface area contributed by atoms with Gasteiger partial charge in [0.05, 0.1) is 7.11 Å². The second-order valence-corrected chi connectivity index (χ2v) is 5.19. The average molecular weight is 240 g/mol. The molecule has 1 aromatic carbocycles. The normalized spacial score (nSPS) is 17.2. The summed E-state index contributed by atoms with van der Waals surface area (Å²) in [6.07, 6.45) is 4.34. The Morgan fingerprint density at radius 2 is 2.12 bits per heavy atom. The predicted octanol–water partition coefficient (Wildman–Crippen LogP) is 3.08. The molecule has 2 nitrogen and oxygen atoms in total. The van der Waals surface area contributed by atoms with Crippen molar-refractivity contribution in [3.8, 4) is 5.75 Å². The van der Waals surface area contributed by atoms with E-state index in [1.54, 1.807) is 7.11 Å². The van der Waals surface area contributed by atoms with Crippen LogP contribution in [0.5, 0.6) is 5.75 Å². The Kier molecular flexibility index (Phi) is 3.13. The Bertz CT molecular complexity index is 399. The highest BCUT2D eigenvalue weighted by Gasteiger charge is 2.37. The number of nitrogens with two attached hydrogens (primary N) is 1. The molecular weight excluding hydrogens is 222 g/mol. The van der Waals surface area contributed by atoms with Crippen molar-refractivity contribution in [2.24, 2.45) is 5.73 Å². The molecule has 0 atom stereocenters. The Balaban J connectivity index is 2.15. The van der Waals surface area contributed by atoms with Gasteiger partial charge in [-0.2, -0.15) is 0 Å². The predicted molar refractivity (Wildman–Crippen MR) is 67.2 cm³/mol. The fraction of sp³-hybridized carbons (Fsp3) is 0.538. The minimum Gasteiger partial charge on any atom is -0.496 e. The van der Waals surface area contributed by atoms with Gasteiger partial charge < -0.3 is 10.5 Å². The molecule has 16 heavy (non-hydrogen) atoms. The van der Waals surface area contributed by atoms with Crippen LogP contribution in [0.25, 0.3) is 0 Å². The quantitative estimate of drug-likeness (QED) is 0.877. The van der Waals surface area contributed by atoms with E-state index in [-0.39, 0.29) is 5.54 Å². The molecule has 0 bridgehead atoms. The fourth-order valence-corrected chi connectivity index (χ4v) is 2.20. The van der Waals surface area contributed by atoms with Crippen LogP contribution >= 0.6 is 11.6 Å². The van der Waals surface area contributed by atoms with E-state index in [1.807, 2.05) is 12.1 Å². The summed E-state index contributed by atoms with van der Waals surface area (Å²) in [4.78, 5) is 0. The number of halogens is 1. The van der Waals surface area contributed by atoms with E-state index in [0.29, 0.717) is 0 Å². The lowest BCUT2D eigenvalue weighted by Crippen LogP contribution is -2.22. The van der Waals surface area contributed by atoms with Gasteiger partial charge in [-0.05, 0) is 55.9 Å². The minimum absolute atomic E-state index is 0.0992. The first-order valence-electron chi connectivity index (χ1n) is 5.66. The summed E-state index contributed by atoms with van der Waals surface area (Å²) in [5.74, 6) is 0.865. The summed E-state index contributed by atoms with van der Waals surface area (Å²) in [5, 5.41) is 0.735. The molecule has 0 aromatic heterocycles. The summed E-state index contributed by atoms with van der Waals surface area (Å²) in [6.45, 7) is 2.07. The number of hydrogen-bond acceptors (Lipinski definition) is 2. The van der Waals surface area contributed by atoms with Crippen LogP contribution in [0.4, 0.5) is 0 Å².